The topological polar surface area (TPSA) is 84.9 Å². The number of nitrogens with one attached hydrogen (secondary N) is 1. The fourth-order valence-corrected chi connectivity index (χ4v) is 1.97. The van der Waals surface area contributed by atoms with E-state index >= 15 is 0 Å². The molecule has 0 fully saturated rings. The quantitative estimate of drug-likeness (QED) is 0.776. The average molecular weight is 329 g/mol. The summed E-state index contributed by atoms with van der Waals surface area (Å²) in [4.78, 5) is 22.0. The Balaban J connectivity index is 1.85. The number of benzene rings is 2. The lowest BCUT2D eigenvalue weighted by Gasteiger charge is -2.14. The molecule has 2 N–H and O–H groups in total. The van der Waals surface area contributed by atoms with Gasteiger partial charge in [-0.25, -0.2) is 4.79 Å². The predicted molar refractivity (Wildman–Crippen MR) is 88.0 cm³/mol. The van der Waals surface area contributed by atoms with Gasteiger partial charge in [-0.1, -0.05) is 30.3 Å². The largest absolute Gasteiger partial charge is 0.491 e. The first-order chi connectivity index (χ1) is 11.5. The molecule has 1 unspecified atom stereocenters. The Kier molecular flexibility index (Phi) is 6.19. The molecule has 2 rings (SSSR count). The third-order valence-corrected chi connectivity index (χ3v) is 3.16. The van der Waals surface area contributed by atoms with Crippen molar-refractivity contribution >= 4 is 11.9 Å². The van der Waals surface area contributed by atoms with E-state index in [1.807, 2.05) is 30.3 Å². The number of aliphatic carboxylic acids is 1. The fraction of sp³-hybridized carbons (Fsp3) is 0.222. The molecule has 2 aromatic rings. The van der Waals surface area contributed by atoms with Crippen LogP contribution in [0.3, 0.4) is 0 Å². The summed E-state index contributed by atoms with van der Waals surface area (Å²) in [5, 5.41) is 11.3. The number of hydrogen-bond donors (Lipinski definition) is 2. The van der Waals surface area contributed by atoms with Gasteiger partial charge in [0.25, 0.3) is 0 Å². The third-order valence-electron chi connectivity index (χ3n) is 3.16. The zero-order chi connectivity index (χ0) is 17.4. The van der Waals surface area contributed by atoms with Crippen LogP contribution in [0.1, 0.15) is 12.5 Å². The zero-order valence-electron chi connectivity index (χ0n) is 13.3. The standard InChI is InChI=1S/C18H19NO5/c1-13(20)19-17(18(21)22)12-24-16-9-7-15(8-10-16)23-11-14-5-3-2-4-6-14/h2-10,17H,11-12H2,1H3,(H,19,20)(H,21,22). The summed E-state index contributed by atoms with van der Waals surface area (Å²) in [5.74, 6) is -0.384. The van der Waals surface area contributed by atoms with Crippen molar-refractivity contribution in [2.45, 2.75) is 19.6 Å². The van der Waals surface area contributed by atoms with Crippen molar-refractivity contribution in [3.8, 4) is 11.5 Å². The minimum atomic E-state index is -1.15. The van der Waals surface area contributed by atoms with Crippen molar-refractivity contribution in [3.63, 3.8) is 0 Å². The Morgan fingerprint density at radius 3 is 2.12 bits per heavy atom. The Labute approximate surface area is 140 Å². The van der Waals surface area contributed by atoms with Crippen LogP contribution in [0.5, 0.6) is 11.5 Å². The predicted octanol–water partition coefficient (Wildman–Crippen LogP) is 2.23. The van der Waals surface area contributed by atoms with Crippen LogP contribution in [0.4, 0.5) is 0 Å². The van der Waals surface area contributed by atoms with Crippen LogP contribution in [0.2, 0.25) is 0 Å². The summed E-state index contributed by atoms with van der Waals surface area (Å²) in [6, 6.07) is 15.6. The fourth-order valence-electron chi connectivity index (χ4n) is 1.97. The average Bonchev–Trinajstić information content (AvgIpc) is 2.58. The summed E-state index contributed by atoms with van der Waals surface area (Å²) in [6.45, 7) is 1.57. The third kappa shape index (κ3) is 5.64. The van der Waals surface area contributed by atoms with Gasteiger partial charge in [-0.05, 0) is 29.8 Å². The normalized spacial score (nSPS) is 11.4. The second-order valence-corrected chi connectivity index (χ2v) is 5.15. The van der Waals surface area contributed by atoms with Gasteiger partial charge in [0.1, 0.15) is 24.7 Å². The Bertz CT molecular complexity index is 670. The van der Waals surface area contributed by atoms with Gasteiger partial charge in [-0.3, -0.25) is 4.79 Å². The van der Waals surface area contributed by atoms with Crippen LogP contribution < -0.4 is 14.8 Å². The first kappa shape index (κ1) is 17.3. The second-order valence-electron chi connectivity index (χ2n) is 5.15. The first-order valence-corrected chi connectivity index (χ1v) is 7.44. The lowest BCUT2D eigenvalue weighted by Crippen LogP contribution is -2.43. The molecular formula is C18H19NO5. The molecule has 126 valence electrons. The number of carboxylic acids is 1. The molecule has 0 heterocycles. The molecule has 6 nitrogen and oxygen atoms in total. The maximum absolute atomic E-state index is 11.0. The van der Waals surface area contributed by atoms with E-state index in [0.717, 1.165) is 5.56 Å². The summed E-state index contributed by atoms with van der Waals surface area (Å²) < 4.78 is 11.1. The van der Waals surface area contributed by atoms with Crippen molar-refractivity contribution < 1.29 is 24.2 Å². The number of carbonyl (C=O) groups excluding carboxylic acids is 1. The van der Waals surface area contributed by atoms with E-state index in [1.165, 1.54) is 6.92 Å². The van der Waals surface area contributed by atoms with Crippen LogP contribution in [0.15, 0.2) is 54.6 Å². The van der Waals surface area contributed by atoms with Crippen LogP contribution in [-0.4, -0.2) is 29.6 Å². The Morgan fingerprint density at radius 1 is 1.00 bits per heavy atom. The smallest absolute Gasteiger partial charge is 0.329 e. The maximum Gasteiger partial charge on any atom is 0.329 e. The van der Waals surface area contributed by atoms with Gasteiger partial charge < -0.3 is 19.9 Å². The van der Waals surface area contributed by atoms with Gasteiger partial charge in [0.2, 0.25) is 5.91 Å². The number of ether oxygens (including phenoxy) is 2. The monoisotopic (exact) mass is 329 g/mol. The lowest BCUT2D eigenvalue weighted by molar-refractivity contribution is -0.142. The van der Waals surface area contributed by atoms with E-state index in [2.05, 4.69) is 5.32 Å². The van der Waals surface area contributed by atoms with Gasteiger partial charge in [0.15, 0.2) is 6.04 Å². The van der Waals surface area contributed by atoms with Gasteiger partial charge in [-0.2, -0.15) is 0 Å². The summed E-state index contributed by atoms with van der Waals surface area (Å²) in [7, 11) is 0. The first-order valence-electron chi connectivity index (χ1n) is 7.44. The van der Waals surface area contributed by atoms with Crippen LogP contribution in [0, 0.1) is 0 Å². The van der Waals surface area contributed by atoms with E-state index in [1.54, 1.807) is 24.3 Å². The van der Waals surface area contributed by atoms with Crippen LogP contribution in [-0.2, 0) is 16.2 Å². The van der Waals surface area contributed by atoms with E-state index in [4.69, 9.17) is 14.6 Å². The summed E-state index contributed by atoms with van der Waals surface area (Å²) in [6.07, 6.45) is 0. The van der Waals surface area contributed by atoms with Gasteiger partial charge >= 0.3 is 5.97 Å². The zero-order valence-corrected chi connectivity index (χ0v) is 13.3. The molecular weight excluding hydrogens is 310 g/mol. The highest BCUT2D eigenvalue weighted by atomic mass is 16.5. The van der Waals surface area contributed by atoms with E-state index < -0.39 is 17.9 Å². The molecule has 0 aliphatic carbocycles. The maximum atomic E-state index is 11.0. The van der Waals surface area contributed by atoms with E-state index in [0.29, 0.717) is 18.1 Å². The van der Waals surface area contributed by atoms with Crippen molar-refractivity contribution in [2.24, 2.45) is 0 Å². The summed E-state index contributed by atoms with van der Waals surface area (Å²) in [5.41, 5.74) is 1.07. The molecule has 0 saturated heterocycles. The highest BCUT2D eigenvalue weighted by Gasteiger charge is 2.19. The van der Waals surface area contributed by atoms with Crippen LogP contribution >= 0.6 is 0 Å². The number of carboxylic acid groups (broad SMARTS) is 1. The molecule has 2 aromatic carbocycles. The molecule has 0 aliphatic heterocycles. The minimum absolute atomic E-state index is 0.154. The molecule has 6 heteroatoms. The molecule has 0 aromatic heterocycles. The molecule has 24 heavy (non-hydrogen) atoms. The second kappa shape index (κ2) is 8.57. The summed E-state index contributed by atoms with van der Waals surface area (Å²) >= 11 is 0. The molecule has 1 amide bonds. The van der Waals surface area contributed by atoms with Crippen LogP contribution in [0.25, 0.3) is 0 Å². The van der Waals surface area contributed by atoms with E-state index in [-0.39, 0.29) is 6.61 Å². The molecule has 0 saturated carbocycles. The minimum Gasteiger partial charge on any atom is -0.491 e. The highest BCUT2D eigenvalue weighted by Crippen LogP contribution is 2.18. The molecule has 0 bridgehead atoms. The van der Waals surface area contributed by atoms with Gasteiger partial charge in [0, 0.05) is 6.92 Å². The van der Waals surface area contributed by atoms with E-state index in [9.17, 15) is 9.59 Å². The molecule has 0 aliphatic rings. The van der Waals surface area contributed by atoms with Crippen molar-refractivity contribution in [1.29, 1.82) is 0 Å². The number of carbonyl (C=O) groups is 2. The Hall–Kier alpha value is -3.02. The van der Waals surface area contributed by atoms with Crippen molar-refractivity contribution in [3.05, 3.63) is 60.2 Å². The molecule has 0 radical (unpaired) electrons. The number of rotatable bonds is 8. The number of amides is 1. The van der Waals surface area contributed by atoms with Gasteiger partial charge in [0.05, 0.1) is 0 Å². The number of hydrogen-bond acceptors (Lipinski definition) is 4. The van der Waals surface area contributed by atoms with Crippen molar-refractivity contribution in [1.82, 2.24) is 5.32 Å². The van der Waals surface area contributed by atoms with Gasteiger partial charge in [-0.15, -0.1) is 0 Å². The highest BCUT2D eigenvalue weighted by molar-refractivity contribution is 5.82. The lowest BCUT2D eigenvalue weighted by atomic mass is 10.2. The Morgan fingerprint density at radius 2 is 1.58 bits per heavy atom. The SMILES string of the molecule is CC(=O)NC(COc1ccc(OCc2ccccc2)cc1)C(=O)O. The van der Waals surface area contributed by atoms with Crippen molar-refractivity contribution in [2.75, 3.05) is 6.61 Å². The molecule has 0 spiro atoms. The molecule has 1 atom stereocenters.